The van der Waals surface area contributed by atoms with E-state index in [1.807, 2.05) is 11.3 Å². The fourth-order valence-electron chi connectivity index (χ4n) is 2.99. The van der Waals surface area contributed by atoms with E-state index in [0.717, 1.165) is 19.4 Å². The Bertz CT molecular complexity index is 525. The third-order valence-electron chi connectivity index (χ3n) is 3.94. The van der Waals surface area contributed by atoms with Crippen molar-refractivity contribution in [2.75, 3.05) is 0 Å². The standard InChI is InChI=1S/C15H20N2S/c1-11-10-13-14(16)5-2-6-15(13)17(11)8-7-12-4-3-9-18-12/h3-4,9-10,14H,2,5-8,16H2,1H3. The highest BCUT2D eigenvalue weighted by Crippen LogP contribution is 2.31. The summed E-state index contributed by atoms with van der Waals surface area (Å²) in [7, 11) is 0. The van der Waals surface area contributed by atoms with Gasteiger partial charge in [0, 0.05) is 28.9 Å². The van der Waals surface area contributed by atoms with Gasteiger partial charge >= 0.3 is 0 Å². The van der Waals surface area contributed by atoms with E-state index in [4.69, 9.17) is 5.73 Å². The molecule has 2 nitrogen and oxygen atoms in total. The van der Waals surface area contributed by atoms with Gasteiger partial charge in [-0.3, -0.25) is 0 Å². The second-order valence-corrected chi connectivity index (χ2v) is 6.20. The molecule has 1 aliphatic carbocycles. The van der Waals surface area contributed by atoms with Crippen LogP contribution in [0.2, 0.25) is 0 Å². The van der Waals surface area contributed by atoms with Crippen molar-refractivity contribution in [2.24, 2.45) is 5.73 Å². The highest BCUT2D eigenvalue weighted by molar-refractivity contribution is 7.09. The summed E-state index contributed by atoms with van der Waals surface area (Å²) in [5.74, 6) is 0. The summed E-state index contributed by atoms with van der Waals surface area (Å²) in [4.78, 5) is 1.47. The summed E-state index contributed by atoms with van der Waals surface area (Å²) in [5.41, 5.74) is 10.5. The number of aryl methyl sites for hydroxylation is 2. The SMILES string of the molecule is Cc1cc2c(n1CCc1cccs1)CCCC2N. The quantitative estimate of drug-likeness (QED) is 0.900. The zero-order chi connectivity index (χ0) is 12.5. The second kappa shape index (κ2) is 4.90. The number of thiophene rings is 1. The highest BCUT2D eigenvalue weighted by Gasteiger charge is 2.21. The minimum absolute atomic E-state index is 0.260. The molecule has 1 aliphatic rings. The van der Waals surface area contributed by atoms with Crippen LogP contribution in [0.15, 0.2) is 23.6 Å². The molecule has 3 heteroatoms. The van der Waals surface area contributed by atoms with Crippen molar-refractivity contribution in [3.63, 3.8) is 0 Å². The molecule has 2 aromatic heterocycles. The van der Waals surface area contributed by atoms with E-state index in [-0.39, 0.29) is 6.04 Å². The minimum atomic E-state index is 0.260. The van der Waals surface area contributed by atoms with Crippen molar-refractivity contribution < 1.29 is 0 Å². The molecule has 2 N–H and O–H groups in total. The van der Waals surface area contributed by atoms with Crippen LogP contribution in [0.25, 0.3) is 0 Å². The Balaban J connectivity index is 1.83. The van der Waals surface area contributed by atoms with E-state index < -0.39 is 0 Å². The lowest BCUT2D eigenvalue weighted by Gasteiger charge is -2.21. The summed E-state index contributed by atoms with van der Waals surface area (Å²) in [6.45, 7) is 3.30. The molecule has 96 valence electrons. The number of nitrogens with zero attached hydrogens (tertiary/aromatic N) is 1. The molecule has 0 spiro atoms. The van der Waals surface area contributed by atoms with Gasteiger partial charge in [-0.15, -0.1) is 11.3 Å². The molecule has 0 fully saturated rings. The van der Waals surface area contributed by atoms with Gasteiger partial charge in [-0.25, -0.2) is 0 Å². The third-order valence-corrected chi connectivity index (χ3v) is 4.88. The van der Waals surface area contributed by atoms with Crippen molar-refractivity contribution in [2.45, 2.75) is 45.2 Å². The summed E-state index contributed by atoms with van der Waals surface area (Å²) in [5, 5.41) is 2.16. The minimum Gasteiger partial charge on any atom is -0.348 e. The van der Waals surface area contributed by atoms with Crippen LogP contribution in [0.3, 0.4) is 0 Å². The van der Waals surface area contributed by atoms with Crippen molar-refractivity contribution in [1.29, 1.82) is 0 Å². The predicted molar refractivity (Wildman–Crippen MR) is 77.1 cm³/mol. The Hall–Kier alpha value is -1.06. The Morgan fingerprint density at radius 3 is 3.17 bits per heavy atom. The lowest BCUT2D eigenvalue weighted by Crippen LogP contribution is -2.18. The van der Waals surface area contributed by atoms with Crippen LogP contribution in [-0.4, -0.2) is 4.57 Å². The largest absolute Gasteiger partial charge is 0.348 e. The van der Waals surface area contributed by atoms with E-state index in [0.29, 0.717) is 0 Å². The molecule has 3 rings (SSSR count). The van der Waals surface area contributed by atoms with Gasteiger partial charge < -0.3 is 10.3 Å². The molecular weight excluding hydrogens is 240 g/mol. The Morgan fingerprint density at radius 1 is 1.50 bits per heavy atom. The summed E-state index contributed by atoms with van der Waals surface area (Å²) in [6, 6.07) is 6.92. The summed E-state index contributed by atoms with van der Waals surface area (Å²) in [6.07, 6.45) is 4.70. The molecule has 1 unspecified atom stereocenters. The maximum absolute atomic E-state index is 6.21. The molecule has 0 amide bonds. The van der Waals surface area contributed by atoms with Gasteiger partial charge in [-0.1, -0.05) is 6.07 Å². The Kier molecular flexibility index (Phi) is 3.27. The van der Waals surface area contributed by atoms with Crippen molar-refractivity contribution in [3.8, 4) is 0 Å². The number of hydrogen-bond donors (Lipinski definition) is 1. The first-order valence-corrected chi connectivity index (χ1v) is 7.60. The fraction of sp³-hybridized carbons (Fsp3) is 0.467. The van der Waals surface area contributed by atoms with Gasteiger partial charge in [-0.2, -0.15) is 0 Å². The van der Waals surface area contributed by atoms with E-state index in [1.165, 1.54) is 34.7 Å². The van der Waals surface area contributed by atoms with Crippen molar-refractivity contribution in [3.05, 3.63) is 45.4 Å². The third kappa shape index (κ3) is 2.13. The fourth-order valence-corrected chi connectivity index (χ4v) is 3.69. The van der Waals surface area contributed by atoms with Gasteiger partial charge in [0.15, 0.2) is 0 Å². The normalized spacial score (nSPS) is 18.9. The van der Waals surface area contributed by atoms with Crippen LogP contribution < -0.4 is 5.73 Å². The van der Waals surface area contributed by atoms with Gasteiger partial charge in [-0.05, 0) is 55.7 Å². The Labute approximate surface area is 112 Å². The van der Waals surface area contributed by atoms with E-state index in [1.54, 1.807) is 0 Å². The molecule has 0 aromatic carbocycles. The molecule has 18 heavy (non-hydrogen) atoms. The number of fused-ring (bicyclic) bond motifs is 1. The lowest BCUT2D eigenvalue weighted by molar-refractivity contribution is 0.537. The van der Waals surface area contributed by atoms with E-state index >= 15 is 0 Å². The first-order valence-electron chi connectivity index (χ1n) is 6.72. The number of aromatic nitrogens is 1. The van der Waals surface area contributed by atoms with Gasteiger partial charge in [0.1, 0.15) is 0 Å². The zero-order valence-corrected chi connectivity index (χ0v) is 11.7. The molecule has 2 heterocycles. The molecule has 1 atom stereocenters. The van der Waals surface area contributed by atoms with Crippen LogP contribution in [0.4, 0.5) is 0 Å². The number of hydrogen-bond acceptors (Lipinski definition) is 2. The Morgan fingerprint density at radius 2 is 2.39 bits per heavy atom. The van der Waals surface area contributed by atoms with Crippen LogP contribution in [-0.2, 0) is 19.4 Å². The lowest BCUT2D eigenvalue weighted by atomic mass is 9.93. The second-order valence-electron chi connectivity index (χ2n) is 5.17. The maximum atomic E-state index is 6.21. The van der Waals surface area contributed by atoms with Crippen LogP contribution >= 0.6 is 11.3 Å². The van der Waals surface area contributed by atoms with Crippen molar-refractivity contribution >= 4 is 11.3 Å². The van der Waals surface area contributed by atoms with Crippen LogP contribution in [0.1, 0.15) is 40.7 Å². The smallest absolute Gasteiger partial charge is 0.0313 e. The monoisotopic (exact) mass is 260 g/mol. The van der Waals surface area contributed by atoms with Crippen molar-refractivity contribution in [1.82, 2.24) is 4.57 Å². The predicted octanol–water partition coefficient (Wildman–Crippen LogP) is 3.44. The molecule has 2 aromatic rings. The molecule has 0 aliphatic heterocycles. The van der Waals surface area contributed by atoms with Gasteiger partial charge in [0.2, 0.25) is 0 Å². The molecule has 0 radical (unpaired) electrons. The number of rotatable bonds is 3. The first kappa shape index (κ1) is 12.0. The zero-order valence-electron chi connectivity index (χ0n) is 10.9. The topological polar surface area (TPSA) is 30.9 Å². The van der Waals surface area contributed by atoms with Gasteiger partial charge in [0.25, 0.3) is 0 Å². The number of nitrogens with two attached hydrogens (primary N) is 1. The average molecular weight is 260 g/mol. The average Bonchev–Trinajstić information content (AvgIpc) is 2.95. The summed E-state index contributed by atoms with van der Waals surface area (Å²) < 4.78 is 2.48. The van der Waals surface area contributed by atoms with Gasteiger partial charge in [0.05, 0.1) is 0 Å². The van der Waals surface area contributed by atoms with Crippen LogP contribution in [0.5, 0.6) is 0 Å². The van der Waals surface area contributed by atoms with E-state index in [9.17, 15) is 0 Å². The van der Waals surface area contributed by atoms with E-state index in [2.05, 4.69) is 35.1 Å². The first-order chi connectivity index (χ1) is 8.75. The summed E-state index contributed by atoms with van der Waals surface area (Å²) >= 11 is 1.85. The molecule has 0 bridgehead atoms. The van der Waals surface area contributed by atoms with Crippen LogP contribution in [0, 0.1) is 6.92 Å². The maximum Gasteiger partial charge on any atom is 0.0313 e. The molecular formula is C15H20N2S. The molecule has 0 saturated heterocycles. The molecule has 0 saturated carbocycles. The highest BCUT2D eigenvalue weighted by atomic mass is 32.1.